The molecule has 0 heterocycles. The highest BCUT2D eigenvalue weighted by Crippen LogP contribution is 2.42. The van der Waals surface area contributed by atoms with Gasteiger partial charge in [-0.25, -0.2) is 9.59 Å². The van der Waals surface area contributed by atoms with Crippen molar-refractivity contribution in [3.05, 3.63) is 85.0 Å². The lowest BCUT2D eigenvalue weighted by atomic mass is 9.66. The Morgan fingerprint density at radius 2 is 1.00 bits per heavy atom. The van der Waals surface area contributed by atoms with Crippen LogP contribution in [0.1, 0.15) is 122 Å². The number of hydrogen-bond donors (Lipinski definition) is 0. The smallest absolute Gasteiger partial charge is 0.335 e. The van der Waals surface area contributed by atoms with Gasteiger partial charge in [-0.3, -0.25) is 0 Å². The van der Waals surface area contributed by atoms with Crippen LogP contribution in [0.3, 0.4) is 0 Å². The Balaban J connectivity index is 1.96. The van der Waals surface area contributed by atoms with Gasteiger partial charge < -0.3 is 9.47 Å². The number of ether oxygens (including phenoxy) is 2. The van der Waals surface area contributed by atoms with E-state index in [0.717, 1.165) is 29.7 Å². The monoisotopic (exact) mass is 560 g/mol. The molecule has 0 amide bonds. The van der Waals surface area contributed by atoms with Gasteiger partial charge in [-0.1, -0.05) is 142 Å². The molecule has 2 rings (SSSR count). The largest absolute Gasteiger partial charge is 0.423 e. The summed E-state index contributed by atoms with van der Waals surface area (Å²) in [6.45, 7) is 13.8. The summed E-state index contributed by atoms with van der Waals surface area (Å²) in [5.41, 5.74) is 2.02. The van der Waals surface area contributed by atoms with Gasteiger partial charge >= 0.3 is 11.9 Å². The normalized spacial score (nSPS) is 12.0. The van der Waals surface area contributed by atoms with Gasteiger partial charge in [-0.2, -0.15) is 0 Å². The van der Waals surface area contributed by atoms with E-state index in [1.807, 2.05) is 48.5 Å². The number of carbonyl (C=O) groups excluding carboxylic acids is 2. The maximum atomic E-state index is 11.6. The third-order valence-electron chi connectivity index (χ3n) is 8.40. The minimum Gasteiger partial charge on any atom is -0.423 e. The van der Waals surface area contributed by atoms with E-state index in [1.165, 1.54) is 83.5 Å². The van der Waals surface area contributed by atoms with Crippen molar-refractivity contribution < 1.29 is 19.1 Å². The summed E-state index contributed by atoms with van der Waals surface area (Å²) in [6.07, 6.45) is 20.9. The van der Waals surface area contributed by atoms with E-state index in [4.69, 9.17) is 9.47 Å². The molecular weight excluding hydrogens is 508 g/mol. The van der Waals surface area contributed by atoms with E-state index in [0.29, 0.717) is 17.4 Å². The summed E-state index contributed by atoms with van der Waals surface area (Å²) in [4.78, 5) is 23.3. The third kappa shape index (κ3) is 11.7. The van der Waals surface area contributed by atoms with Crippen molar-refractivity contribution in [2.24, 2.45) is 5.92 Å². The van der Waals surface area contributed by atoms with E-state index in [-0.39, 0.29) is 5.41 Å². The zero-order valence-corrected chi connectivity index (χ0v) is 25.8. The Bertz CT molecular complexity index is 986. The first-order chi connectivity index (χ1) is 19.8. The second-order valence-corrected chi connectivity index (χ2v) is 11.4. The molecule has 0 bridgehead atoms. The van der Waals surface area contributed by atoms with Crippen molar-refractivity contribution in [2.45, 2.75) is 116 Å². The van der Waals surface area contributed by atoms with E-state index in [9.17, 15) is 9.59 Å². The summed E-state index contributed by atoms with van der Waals surface area (Å²) < 4.78 is 10.6. The molecule has 1 atom stereocenters. The number of benzene rings is 2. The minimum absolute atomic E-state index is 0.279. The van der Waals surface area contributed by atoms with Crippen molar-refractivity contribution >= 4 is 11.9 Å². The summed E-state index contributed by atoms with van der Waals surface area (Å²) in [5, 5.41) is 0. The van der Waals surface area contributed by atoms with Gasteiger partial charge in [-0.15, -0.1) is 0 Å². The van der Waals surface area contributed by atoms with E-state index >= 15 is 0 Å². The van der Waals surface area contributed by atoms with Crippen LogP contribution < -0.4 is 9.47 Å². The number of rotatable bonds is 21. The van der Waals surface area contributed by atoms with Crippen LogP contribution in [0.2, 0.25) is 0 Å². The molecule has 1 unspecified atom stereocenters. The van der Waals surface area contributed by atoms with Crippen LogP contribution in [-0.2, 0) is 15.0 Å². The first-order valence-electron chi connectivity index (χ1n) is 15.7. The average Bonchev–Trinajstić information content (AvgIpc) is 2.99. The SMILES string of the molecule is C=CC(=O)Oc1ccc(C(C)(c2ccc(OC(=O)C=C)cc2)C(C)CCCCCCCCCCCCCCC)cc1. The van der Waals surface area contributed by atoms with Crippen LogP contribution >= 0.6 is 0 Å². The van der Waals surface area contributed by atoms with Crippen molar-refractivity contribution in [2.75, 3.05) is 0 Å². The van der Waals surface area contributed by atoms with Crippen LogP contribution in [-0.4, -0.2) is 11.9 Å². The molecule has 2 aromatic carbocycles. The quantitative estimate of drug-likeness (QED) is 0.0659. The van der Waals surface area contributed by atoms with E-state index in [2.05, 4.69) is 33.9 Å². The summed E-state index contributed by atoms with van der Waals surface area (Å²) >= 11 is 0. The minimum atomic E-state index is -0.471. The Labute approximate surface area is 249 Å². The van der Waals surface area contributed by atoms with Gasteiger partial charge in [0.2, 0.25) is 0 Å². The van der Waals surface area contributed by atoms with Gasteiger partial charge in [0, 0.05) is 17.6 Å². The molecule has 0 spiro atoms. The Kier molecular flexibility index (Phi) is 15.8. The van der Waals surface area contributed by atoms with Gasteiger partial charge in [0.25, 0.3) is 0 Å². The van der Waals surface area contributed by atoms with Gasteiger partial charge in [0.1, 0.15) is 11.5 Å². The highest BCUT2D eigenvalue weighted by atomic mass is 16.5. The van der Waals surface area contributed by atoms with Crippen molar-refractivity contribution in [3.8, 4) is 11.5 Å². The standard InChI is InChI=1S/C37H52O4/c1-6-9-10-11-12-13-14-15-16-17-18-19-20-21-30(4)37(5,31-22-26-33(27-23-31)40-35(38)7-2)32-24-28-34(29-25-32)41-36(39)8-3/h7-8,22-30H,2-3,6,9-21H2,1,4-5H3. The lowest BCUT2D eigenvalue weighted by Gasteiger charge is -2.37. The van der Waals surface area contributed by atoms with Crippen LogP contribution in [0.4, 0.5) is 0 Å². The molecule has 0 aliphatic rings. The predicted octanol–water partition coefficient (Wildman–Crippen LogP) is 10.3. The van der Waals surface area contributed by atoms with Crippen molar-refractivity contribution in [1.82, 2.24) is 0 Å². The maximum Gasteiger partial charge on any atom is 0.335 e. The predicted molar refractivity (Wildman–Crippen MR) is 170 cm³/mol. The molecule has 224 valence electrons. The van der Waals surface area contributed by atoms with Crippen LogP contribution in [0.25, 0.3) is 0 Å². The Morgan fingerprint density at radius 1 is 0.659 bits per heavy atom. The molecule has 0 radical (unpaired) electrons. The van der Waals surface area contributed by atoms with Crippen molar-refractivity contribution in [3.63, 3.8) is 0 Å². The molecule has 2 aromatic rings. The fourth-order valence-electron chi connectivity index (χ4n) is 5.55. The molecule has 41 heavy (non-hydrogen) atoms. The summed E-state index contributed by atoms with van der Waals surface area (Å²) in [6, 6.07) is 15.5. The molecule has 0 aromatic heterocycles. The van der Waals surface area contributed by atoms with Gasteiger partial charge in [0.15, 0.2) is 0 Å². The lowest BCUT2D eigenvalue weighted by Crippen LogP contribution is -2.32. The summed E-state index contributed by atoms with van der Waals surface area (Å²) in [7, 11) is 0. The number of unbranched alkanes of at least 4 members (excludes halogenated alkanes) is 12. The van der Waals surface area contributed by atoms with Crippen LogP contribution in [0, 0.1) is 5.92 Å². The molecule has 0 aliphatic heterocycles. The summed E-state index contributed by atoms with van der Waals surface area (Å²) in [5.74, 6) is 0.411. The number of carbonyl (C=O) groups is 2. The molecule has 4 heteroatoms. The molecule has 0 saturated heterocycles. The second-order valence-electron chi connectivity index (χ2n) is 11.4. The van der Waals surface area contributed by atoms with Crippen LogP contribution in [0.5, 0.6) is 11.5 Å². The Hall–Kier alpha value is -3.14. The highest BCUT2D eigenvalue weighted by Gasteiger charge is 2.34. The Morgan fingerprint density at radius 3 is 1.34 bits per heavy atom. The highest BCUT2D eigenvalue weighted by molar-refractivity contribution is 5.83. The topological polar surface area (TPSA) is 52.6 Å². The number of esters is 2. The number of hydrogen-bond acceptors (Lipinski definition) is 4. The fraction of sp³-hybridized carbons (Fsp3) is 0.514. The first-order valence-corrected chi connectivity index (χ1v) is 15.7. The molecule has 0 aliphatic carbocycles. The molecule has 0 saturated carbocycles. The van der Waals surface area contributed by atoms with E-state index < -0.39 is 11.9 Å². The lowest BCUT2D eigenvalue weighted by molar-refractivity contribution is -0.129. The maximum absolute atomic E-state index is 11.6. The second kappa shape index (κ2) is 19.1. The molecule has 0 N–H and O–H groups in total. The zero-order chi connectivity index (χ0) is 29.9. The van der Waals surface area contributed by atoms with Crippen molar-refractivity contribution in [1.29, 1.82) is 0 Å². The van der Waals surface area contributed by atoms with Gasteiger partial charge in [0.05, 0.1) is 0 Å². The van der Waals surface area contributed by atoms with Gasteiger partial charge in [-0.05, 0) is 47.7 Å². The molecular formula is C37H52O4. The average molecular weight is 561 g/mol. The molecule has 0 fully saturated rings. The fourth-order valence-corrected chi connectivity index (χ4v) is 5.55. The van der Waals surface area contributed by atoms with Crippen LogP contribution in [0.15, 0.2) is 73.8 Å². The van der Waals surface area contributed by atoms with E-state index in [1.54, 1.807) is 0 Å². The third-order valence-corrected chi connectivity index (χ3v) is 8.40. The molecule has 4 nitrogen and oxygen atoms in total. The first kappa shape index (κ1) is 34.1. The zero-order valence-electron chi connectivity index (χ0n) is 25.8.